The van der Waals surface area contributed by atoms with Gasteiger partial charge in [0.05, 0.1) is 18.7 Å². The molecule has 0 spiro atoms. The molecule has 0 N–H and O–H groups in total. The maximum atomic E-state index is 12.5. The van der Waals surface area contributed by atoms with E-state index in [4.69, 9.17) is 4.74 Å². The Bertz CT molecular complexity index is 610. The van der Waals surface area contributed by atoms with Crippen LogP contribution in [-0.4, -0.2) is 35.5 Å². The van der Waals surface area contributed by atoms with Crippen LogP contribution in [0.15, 0.2) is 48.8 Å². The summed E-state index contributed by atoms with van der Waals surface area (Å²) in [5.74, 6) is 0.0171. The standard InChI is InChI=1S/C17H18N2O2/c1-13-4-6-14(7-5-13)16-12-19(9-10-21-16)17(20)15-3-2-8-18-11-15/h2-8,11,16H,9-10,12H2,1H3. The molecule has 1 aliphatic heterocycles. The first-order valence-electron chi connectivity index (χ1n) is 7.11. The zero-order chi connectivity index (χ0) is 14.7. The molecule has 1 aromatic heterocycles. The molecule has 0 bridgehead atoms. The van der Waals surface area contributed by atoms with Gasteiger partial charge in [-0.05, 0) is 24.6 Å². The molecule has 4 heteroatoms. The molecule has 1 saturated heterocycles. The van der Waals surface area contributed by atoms with Crippen LogP contribution in [-0.2, 0) is 4.74 Å². The van der Waals surface area contributed by atoms with E-state index in [2.05, 4.69) is 36.2 Å². The van der Waals surface area contributed by atoms with Gasteiger partial charge in [-0.3, -0.25) is 9.78 Å². The third-order valence-corrected chi connectivity index (χ3v) is 3.71. The van der Waals surface area contributed by atoms with E-state index in [0.29, 0.717) is 25.3 Å². The Balaban J connectivity index is 1.74. The normalized spacial score (nSPS) is 18.5. The van der Waals surface area contributed by atoms with Gasteiger partial charge in [-0.2, -0.15) is 0 Å². The Morgan fingerprint density at radius 2 is 2.10 bits per heavy atom. The van der Waals surface area contributed by atoms with E-state index in [1.165, 1.54) is 5.56 Å². The van der Waals surface area contributed by atoms with Gasteiger partial charge in [-0.25, -0.2) is 0 Å². The molecule has 21 heavy (non-hydrogen) atoms. The van der Waals surface area contributed by atoms with Gasteiger partial charge < -0.3 is 9.64 Å². The summed E-state index contributed by atoms with van der Waals surface area (Å²) in [6.07, 6.45) is 3.23. The van der Waals surface area contributed by atoms with E-state index in [1.807, 2.05) is 4.90 Å². The lowest BCUT2D eigenvalue weighted by Crippen LogP contribution is -2.42. The van der Waals surface area contributed by atoms with Crippen LogP contribution in [0.2, 0.25) is 0 Å². The van der Waals surface area contributed by atoms with Crippen molar-refractivity contribution in [3.8, 4) is 0 Å². The number of amides is 1. The summed E-state index contributed by atoms with van der Waals surface area (Å²) in [6, 6.07) is 11.9. The second-order valence-corrected chi connectivity index (χ2v) is 5.26. The van der Waals surface area contributed by atoms with Crippen molar-refractivity contribution in [3.05, 3.63) is 65.5 Å². The van der Waals surface area contributed by atoms with Gasteiger partial charge in [0.1, 0.15) is 6.10 Å². The number of ether oxygens (including phenoxy) is 1. The van der Waals surface area contributed by atoms with Crippen LogP contribution in [0.3, 0.4) is 0 Å². The minimum atomic E-state index is -0.0556. The molecule has 1 unspecified atom stereocenters. The van der Waals surface area contributed by atoms with Crippen molar-refractivity contribution in [1.82, 2.24) is 9.88 Å². The monoisotopic (exact) mass is 282 g/mol. The molecule has 1 fully saturated rings. The number of rotatable bonds is 2. The van der Waals surface area contributed by atoms with Crippen molar-refractivity contribution >= 4 is 5.91 Å². The number of aromatic nitrogens is 1. The van der Waals surface area contributed by atoms with Crippen molar-refractivity contribution in [2.24, 2.45) is 0 Å². The quantitative estimate of drug-likeness (QED) is 0.850. The minimum absolute atomic E-state index is 0.0171. The molecule has 1 atom stereocenters. The van der Waals surface area contributed by atoms with Crippen molar-refractivity contribution in [2.75, 3.05) is 19.7 Å². The molecule has 4 nitrogen and oxygen atoms in total. The Labute approximate surface area is 124 Å². The number of aryl methyl sites for hydroxylation is 1. The molecule has 1 amide bonds. The summed E-state index contributed by atoms with van der Waals surface area (Å²) < 4.78 is 5.81. The smallest absolute Gasteiger partial charge is 0.255 e. The molecule has 0 saturated carbocycles. The molecule has 108 valence electrons. The first-order valence-corrected chi connectivity index (χ1v) is 7.11. The van der Waals surface area contributed by atoms with E-state index in [9.17, 15) is 4.79 Å². The second-order valence-electron chi connectivity index (χ2n) is 5.26. The fourth-order valence-corrected chi connectivity index (χ4v) is 2.49. The summed E-state index contributed by atoms with van der Waals surface area (Å²) in [5.41, 5.74) is 2.96. The predicted molar refractivity (Wildman–Crippen MR) is 80.0 cm³/mol. The largest absolute Gasteiger partial charge is 0.370 e. The molecule has 0 radical (unpaired) electrons. The highest BCUT2D eigenvalue weighted by Gasteiger charge is 2.26. The van der Waals surface area contributed by atoms with E-state index >= 15 is 0 Å². The van der Waals surface area contributed by atoms with Gasteiger partial charge in [0.2, 0.25) is 0 Å². The van der Waals surface area contributed by atoms with Crippen LogP contribution in [0.25, 0.3) is 0 Å². The van der Waals surface area contributed by atoms with Crippen LogP contribution in [0.1, 0.15) is 27.6 Å². The number of pyridine rings is 1. The number of morpholine rings is 1. The third kappa shape index (κ3) is 3.11. The van der Waals surface area contributed by atoms with E-state index in [-0.39, 0.29) is 12.0 Å². The maximum Gasteiger partial charge on any atom is 0.255 e. The number of hydrogen-bond acceptors (Lipinski definition) is 3. The second kappa shape index (κ2) is 6.06. The summed E-state index contributed by atoms with van der Waals surface area (Å²) in [6.45, 7) is 3.82. The number of nitrogens with zero attached hydrogens (tertiary/aromatic N) is 2. The average Bonchev–Trinajstić information content (AvgIpc) is 2.56. The van der Waals surface area contributed by atoms with Gasteiger partial charge in [-0.1, -0.05) is 29.8 Å². The minimum Gasteiger partial charge on any atom is -0.370 e. The van der Waals surface area contributed by atoms with Gasteiger partial charge in [0, 0.05) is 18.9 Å². The van der Waals surface area contributed by atoms with E-state index in [1.54, 1.807) is 24.5 Å². The zero-order valence-electron chi connectivity index (χ0n) is 12.0. The Hall–Kier alpha value is -2.20. The van der Waals surface area contributed by atoms with Crippen molar-refractivity contribution in [1.29, 1.82) is 0 Å². The van der Waals surface area contributed by atoms with E-state index < -0.39 is 0 Å². The van der Waals surface area contributed by atoms with Crippen LogP contribution >= 0.6 is 0 Å². The first kappa shape index (κ1) is 13.8. The lowest BCUT2D eigenvalue weighted by atomic mass is 10.1. The lowest BCUT2D eigenvalue weighted by molar-refractivity contribution is -0.0228. The molecular weight excluding hydrogens is 264 g/mol. The fourth-order valence-electron chi connectivity index (χ4n) is 2.49. The number of carbonyl (C=O) groups is 1. The highest BCUT2D eigenvalue weighted by Crippen LogP contribution is 2.23. The highest BCUT2D eigenvalue weighted by molar-refractivity contribution is 5.93. The summed E-state index contributed by atoms with van der Waals surface area (Å²) in [5, 5.41) is 0. The summed E-state index contributed by atoms with van der Waals surface area (Å²) in [7, 11) is 0. The van der Waals surface area contributed by atoms with Gasteiger partial charge in [0.25, 0.3) is 5.91 Å². The molecule has 3 rings (SSSR count). The average molecular weight is 282 g/mol. The SMILES string of the molecule is Cc1ccc(C2CN(C(=O)c3cccnc3)CCO2)cc1. The summed E-state index contributed by atoms with van der Waals surface area (Å²) in [4.78, 5) is 18.3. The van der Waals surface area contributed by atoms with Crippen molar-refractivity contribution < 1.29 is 9.53 Å². The Kier molecular flexibility index (Phi) is 3.97. The lowest BCUT2D eigenvalue weighted by Gasteiger charge is -2.33. The first-order chi connectivity index (χ1) is 10.2. The predicted octanol–water partition coefficient (Wildman–Crippen LogP) is 2.60. The maximum absolute atomic E-state index is 12.5. The van der Waals surface area contributed by atoms with Crippen LogP contribution in [0.4, 0.5) is 0 Å². The highest BCUT2D eigenvalue weighted by atomic mass is 16.5. The number of benzene rings is 1. The zero-order valence-corrected chi connectivity index (χ0v) is 12.0. The van der Waals surface area contributed by atoms with Crippen molar-refractivity contribution in [2.45, 2.75) is 13.0 Å². The van der Waals surface area contributed by atoms with Gasteiger partial charge >= 0.3 is 0 Å². The molecule has 1 aromatic carbocycles. The topological polar surface area (TPSA) is 42.4 Å². The van der Waals surface area contributed by atoms with Crippen LogP contribution in [0, 0.1) is 6.92 Å². The van der Waals surface area contributed by atoms with Crippen LogP contribution in [0.5, 0.6) is 0 Å². The Morgan fingerprint density at radius 1 is 1.29 bits per heavy atom. The molecule has 2 aromatic rings. The molecule has 0 aliphatic carbocycles. The fraction of sp³-hybridized carbons (Fsp3) is 0.294. The Morgan fingerprint density at radius 3 is 2.81 bits per heavy atom. The molecular formula is C17H18N2O2. The van der Waals surface area contributed by atoms with Gasteiger partial charge in [-0.15, -0.1) is 0 Å². The van der Waals surface area contributed by atoms with Crippen molar-refractivity contribution in [3.63, 3.8) is 0 Å². The van der Waals surface area contributed by atoms with Crippen LogP contribution < -0.4 is 0 Å². The molecule has 2 heterocycles. The third-order valence-electron chi connectivity index (χ3n) is 3.71. The van der Waals surface area contributed by atoms with Gasteiger partial charge in [0.15, 0.2) is 0 Å². The number of hydrogen-bond donors (Lipinski definition) is 0. The summed E-state index contributed by atoms with van der Waals surface area (Å²) >= 11 is 0. The number of carbonyl (C=O) groups excluding carboxylic acids is 1. The molecule has 1 aliphatic rings. The van der Waals surface area contributed by atoms with E-state index in [0.717, 1.165) is 5.56 Å².